The molecule has 1 saturated heterocycles. The van der Waals surface area contributed by atoms with Crippen LogP contribution < -0.4 is 4.74 Å². The number of piperidine rings is 1. The second-order valence-electron chi connectivity index (χ2n) is 12.9. The quantitative estimate of drug-likeness (QED) is 0.370. The maximum absolute atomic E-state index is 13.5. The van der Waals surface area contributed by atoms with Crippen LogP contribution in [0.3, 0.4) is 0 Å². The Hall–Kier alpha value is -3.53. The molecule has 2 aromatic rings. The number of carbonyl (C=O) groups excluding carboxylic acids is 2. The van der Waals surface area contributed by atoms with Crippen molar-refractivity contribution in [2.75, 3.05) is 20.1 Å². The van der Waals surface area contributed by atoms with Crippen LogP contribution in [0.25, 0.3) is 6.08 Å². The fourth-order valence-electron chi connectivity index (χ4n) is 8.55. The SMILES string of the molecule is CC(=O)O[C@@]12CC[C@H](N(C)C(=O)C=Cc3cccc(C(F)(F)F)c3)[C@@H]3Oc4c(O)ccc5c4[C@@]31CCN(CC1CC1)[C@@H]2C5. The number of hydrogen-bond donors (Lipinski definition) is 1. The first-order valence-corrected chi connectivity index (χ1v) is 15.0. The number of phenolic OH excluding ortho intramolecular Hbond substituents is 1. The van der Waals surface area contributed by atoms with Crippen LogP contribution in [0, 0.1) is 5.92 Å². The van der Waals surface area contributed by atoms with Crippen molar-refractivity contribution in [1.29, 1.82) is 0 Å². The number of likely N-dealkylation sites (tertiary alicyclic amines) is 1. The third-order valence-electron chi connectivity index (χ3n) is 10.5. The lowest BCUT2D eigenvalue weighted by molar-refractivity contribution is -0.223. The zero-order valence-corrected chi connectivity index (χ0v) is 24.2. The number of likely N-dealkylation sites (N-methyl/N-ethyl adjacent to an activating group) is 1. The molecule has 2 saturated carbocycles. The molecule has 1 amide bonds. The second kappa shape index (κ2) is 9.74. The number of ether oxygens (including phenoxy) is 2. The Morgan fingerprint density at radius 3 is 2.70 bits per heavy atom. The summed E-state index contributed by atoms with van der Waals surface area (Å²) in [6.45, 7) is 3.19. The first-order valence-electron chi connectivity index (χ1n) is 15.0. The van der Waals surface area contributed by atoms with Gasteiger partial charge in [-0.3, -0.25) is 14.5 Å². The van der Waals surface area contributed by atoms with Crippen molar-refractivity contribution in [3.05, 3.63) is 64.7 Å². The summed E-state index contributed by atoms with van der Waals surface area (Å²) in [4.78, 5) is 30.4. The van der Waals surface area contributed by atoms with E-state index in [0.717, 1.165) is 36.3 Å². The highest BCUT2D eigenvalue weighted by atomic mass is 19.4. The lowest BCUT2D eigenvalue weighted by Gasteiger charge is -2.65. The molecule has 10 heteroatoms. The molecular formula is C33H35F3N2O5. The predicted molar refractivity (Wildman–Crippen MR) is 151 cm³/mol. The summed E-state index contributed by atoms with van der Waals surface area (Å²) in [7, 11) is 1.68. The Balaban J connectivity index is 1.25. The number of aromatic hydroxyl groups is 1. The number of amides is 1. The Labute approximate surface area is 248 Å². The van der Waals surface area contributed by atoms with E-state index in [0.29, 0.717) is 37.4 Å². The molecule has 2 bridgehead atoms. The summed E-state index contributed by atoms with van der Waals surface area (Å²) in [6.07, 6.45) is 2.37. The van der Waals surface area contributed by atoms with E-state index in [-0.39, 0.29) is 29.2 Å². The van der Waals surface area contributed by atoms with Gasteiger partial charge >= 0.3 is 12.1 Å². The third-order valence-corrected chi connectivity index (χ3v) is 10.5. The van der Waals surface area contributed by atoms with Gasteiger partial charge in [-0.05, 0) is 86.4 Å². The number of phenols is 1. The van der Waals surface area contributed by atoms with Gasteiger partial charge in [0.25, 0.3) is 0 Å². The minimum Gasteiger partial charge on any atom is -0.504 e. The Kier molecular flexibility index (Phi) is 6.40. The molecule has 228 valence electrons. The van der Waals surface area contributed by atoms with Crippen molar-refractivity contribution in [3.63, 3.8) is 0 Å². The highest BCUT2D eigenvalue weighted by molar-refractivity contribution is 5.92. The summed E-state index contributed by atoms with van der Waals surface area (Å²) in [5, 5.41) is 11.0. The molecule has 3 aliphatic carbocycles. The van der Waals surface area contributed by atoms with Crippen LogP contribution in [-0.2, 0) is 32.3 Å². The summed E-state index contributed by atoms with van der Waals surface area (Å²) >= 11 is 0. The molecule has 0 aromatic heterocycles. The van der Waals surface area contributed by atoms with E-state index < -0.39 is 34.9 Å². The van der Waals surface area contributed by atoms with Gasteiger partial charge in [0.1, 0.15) is 11.7 Å². The van der Waals surface area contributed by atoms with Crippen molar-refractivity contribution in [1.82, 2.24) is 9.80 Å². The molecule has 3 fully saturated rings. The third kappa shape index (κ3) is 4.27. The maximum atomic E-state index is 13.5. The van der Waals surface area contributed by atoms with E-state index in [1.807, 2.05) is 6.07 Å². The summed E-state index contributed by atoms with van der Waals surface area (Å²) in [5.74, 6) is 0.344. The van der Waals surface area contributed by atoms with Crippen LogP contribution in [-0.4, -0.2) is 70.7 Å². The maximum Gasteiger partial charge on any atom is 0.416 e. The van der Waals surface area contributed by atoms with Gasteiger partial charge in [0.15, 0.2) is 11.5 Å². The van der Waals surface area contributed by atoms with Crippen LogP contribution in [0.1, 0.15) is 61.3 Å². The topological polar surface area (TPSA) is 79.3 Å². The number of benzene rings is 2. The van der Waals surface area contributed by atoms with Crippen LogP contribution in [0.15, 0.2) is 42.5 Å². The van der Waals surface area contributed by atoms with Crippen molar-refractivity contribution in [2.45, 2.75) is 80.8 Å². The van der Waals surface area contributed by atoms with Gasteiger partial charge in [-0.25, -0.2) is 0 Å². The number of esters is 1. The molecule has 7 rings (SSSR count). The van der Waals surface area contributed by atoms with Crippen molar-refractivity contribution < 1.29 is 37.3 Å². The standard InChI is InChI=1S/C33H35F3N2O5/c1-19(39)43-32-13-12-24(37(2)27(41)11-8-20-4-3-5-23(16-20)33(34,35)36)30-31(32)14-15-38(18-21-6-7-21)26(32)17-22-9-10-25(40)29(42-30)28(22)31/h3-5,8-11,16,21,24,26,30,40H,6-7,12-15,17-18H2,1-2H3/t24-,26+,30-,31-,32+/m0/s1. The molecule has 7 nitrogen and oxygen atoms in total. The Morgan fingerprint density at radius 1 is 1.19 bits per heavy atom. The largest absolute Gasteiger partial charge is 0.504 e. The second-order valence-corrected chi connectivity index (χ2v) is 12.9. The number of nitrogens with zero attached hydrogens (tertiary/aromatic N) is 2. The molecule has 1 N–H and O–H groups in total. The van der Waals surface area contributed by atoms with E-state index in [1.54, 1.807) is 18.0 Å². The molecule has 43 heavy (non-hydrogen) atoms. The zero-order chi connectivity index (χ0) is 30.3. The zero-order valence-electron chi connectivity index (χ0n) is 24.2. The van der Waals surface area contributed by atoms with E-state index >= 15 is 0 Å². The molecule has 2 heterocycles. The minimum atomic E-state index is -4.48. The first-order chi connectivity index (χ1) is 20.4. The molecule has 2 aliphatic heterocycles. The number of alkyl halides is 3. The van der Waals surface area contributed by atoms with Crippen molar-refractivity contribution in [3.8, 4) is 11.5 Å². The highest BCUT2D eigenvalue weighted by Gasteiger charge is 2.75. The number of carbonyl (C=O) groups is 2. The van der Waals surface area contributed by atoms with Crippen LogP contribution in [0.4, 0.5) is 13.2 Å². The average molecular weight is 597 g/mol. The number of hydrogen-bond acceptors (Lipinski definition) is 6. The van der Waals surface area contributed by atoms with Gasteiger partial charge in [0, 0.05) is 32.2 Å². The van der Waals surface area contributed by atoms with E-state index in [4.69, 9.17) is 9.47 Å². The monoisotopic (exact) mass is 596 g/mol. The molecule has 1 spiro atoms. The van der Waals surface area contributed by atoms with Gasteiger partial charge < -0.3 is 19.5 Å². The van der Waals surface area contributed by atoms with Crippen LogP contribution in [0.2, 0.25) is 0 Å². The van der Waals surface area contributed by atoms with E-state index in [2.05, 4.69) is 4.90 Å². The highest BCUT2D eigenvalue weighted by Crippen LogP contribution is 2.67. The molecule has 0 unspecified atom stereocenters. The summed E-state index contributed by atoms with van der Waals surface area (Å²) in [5.41, 5.74) is -0.181. The predicted octanol–water partition coefficient (Wildman–Crippen LogP) is 5.09. The van der Waals surface area contributed by atoms with Gasteiger partial charge in [-0.2, -0.15) is 13.2 Å². The fraction of sp³-hybridized carbons (Fsp3) is 0.515. The Morgan fingerprint density at radius 2 is 1.98 bits per heavy atom. The number of rotatable bonds is 6. The van der Waals surface area contributed by atoms with Crippen molar-refractivity contribution >= 4 is 18.0 Å². The van der Waals surface area contributed by atoms with Crippen molar-refractivity contribution in [2.24, 2.45) is 5.92 Å². The molecular weight excluding hydrogens is 561 g/mol. The lowest BCUT2D eigenvalue weighted by Crippen LogP contribution is -2.79. The summed E-state index contributed by atoms with van der Waals surface area (Å²) < 4.78 is 52.7. The normalized spacial score (nSPS) is 31.0. The number of halogens is 3. The van der Waals surface area contributed by atoms with Crippen LogP contribution in [0.5, 0.6) is 11.5 Å². The summed E-state index contributed by atoms with van der Waals surface area (Å²) in [6, 6.07) is 7.97. The minimum absolute atomic E-state index is 0.0234. The van der Waals surface area contributed by atoms with Gasteiger partial charge in [-0.15, -0.1) is 0 Å². The first kappa shape index (κ1) is 28.3. The van der Waals surface area contributed by atoms with E-state index in [9.17, 15) is 27.9 Å². The van der Waals surface area contributed by atoms with Crippen LogP contribution >= 0.6 is 0 Å². The average Bonchev–Trinajstić information content (AvgIpc) is 3.70. The molecule has 2 aromatic carbocycles. The van der Waals surface area contributed by atoms with Gasteiger partial charge in [0.2, 0.25) is 5.91 Å². The smallest absolute Gasteiger partial charge is 0.416 e. The van der Waals surface area contributed by atoms with Gasteiger partial charge in [-0.1, -0.05) is 18.2 Å². The Bertz CT molecular complexity index is 1520. The molecule has 5 aliphatic rings. The van der Waals surface area contributed by atoms with E-state index in [1.165, 1.54) is 44.1 Å². The lowest BCUT2D eigenvalue weighted by atomic mass is 9.48. The fourth-order valence-corrected chi connectivity index (χ4v) is 8.55. The van der Waals surface area contributed by atoms with Gasteiger partial charge in [0.05, 0.1) is 23.1 Å². The molecule has 0 radical (unpaired) electrons. The molecule has 5 atom stereocenters.